The van der Waals surface area contributed by atoms with Crippen LogP contribution in [0.25, 0.3) is 0 Å². The Labute approximate surface area is 135 Å². The van der Waals surface area contributed by atoms with E-state index in [0.717, 1.165) is 12.0 Å². The van der Waals surface area contributed by atoms with Crippen molar-refractivity contribution >= 4 is 21.4 Å². The van der Waals surface area contributed by atoms with Crippen LogP contribution in [0.15, 0.2) is 53.4 Å². The highest BCUT2D eigenvalue weighted by molar-refractivity contribution is 7.92. The molecule has 0 aromatic heterocycles. The minimum atomic E-state index is -4.02. The molecule has 0 unspecified atom stereocenters. The number of nitro groups is 1. The van der Waals surface area contributed by atoms with Crippen LogP contribution in [0.1, 0.15) is 31.7 Å². The second-order valence-electron chi connectivity index (χ2n) is 5.26. The predicted molar refractivity (Wildman–Crippen MR) is 89.1 cm³/mol. The van der Waals surface area contributed by atoms with E-state index in [-0.39, 0.29) is 4.90 Å². The molecule has 2 aromatic rings. The molecule has 0 spiro atoms. The Bertz CT molecular complexity index is 801. The number of sulfonamides is 1. The van der Waals surface area contributed by atoms with Crippen LogP contribution >= 0.6 is 0 Å². The molecule has 122 valence electrons. The van der Waals surface area contributed by atoms with Crippen LogP contribution in [0, 0.1) is 10.1 Å². The molecule has 0 bridgehead atoms. The van der Waals surface area contributed by atoms with Gasteiger partial charge < -0.3 is 0 Å². The highest BCUT2D eigenvalue weighted by Crippen LogP contribution is 2.26. The third-order valence-corrected chi connectivity index (χ3v) is 5.12. The first-order valence-electron chi connectivity index (χ1n) is 7.21. The number of benzene rings is 2. The molecule has 0 saturated heterocycles. The van der Waals surface area contributed by atoms with E-state index < -0.39 is 20.6 Å². The summed E-state index contributed by atoms with van der Waals surface area (Å²) in [4.78, 5) is 9.93. The Balaban J connectivity index is 2.30. The summed E-state index contributed by atoms with van der Waals surface area (Å²) in [5.41, 5.74) is 1.03. The molecule has 0 aliphatic rings. The summed E-state index contributed by atoms with van der Waals surface area (Å²) < 4.78 is 27.2. The Morgan fingerprint density at radius 3 is 2.30 bits per heavy atom. The summed E-state index contributed by atoms with van der Waals surface area (Å²) in [6, 6.07) is 12.3. The predicted octanol–water partition coefficient (Wildman–Crippen LogP) is 3.91. The van der Waals surface area contributed by atoms with Gasteiger partial charge in [-0.1, -0.05) is 38.1 Å². The van der Waals surface area contributed by atoms with Crippen LogP contribution in [0.5, 0.6) is 0 Å². The quantitative estimate of drug-likeness (QED) is 0.640. The molecule has 0 saturated carbocycles. The zero-order valence-corrected chi connectivity index (χ0v) is 13.7. The van der Waals surface area contributed by atoms with E-state index in [1.54, 1.807) is 12.1 Å². The number of anilines is 1. The van der Waals surface area contributed by atoms with Crippen molar-refractivity contribution in [2.45, 2.75) is 31.1 Å². The fraction of sp³-hybridized carbons (Fsp3) is 0.250. The van der Waals surface area contributed by atoms with Crippen LogP contribution in [0.2, 0.25) is 0 Å². The molecule has 6 nitrogen and oxygen atoms in total. The monoisotopic (exact) mass is 334 g/mol. The molecule has 0 radical (unpaired) electrons. The molecule has 23 heavy (non-hydrogen) atoms. The summed E-state index contributed by atoms with van der Waals surface area (Å²) in [6.45, 7) is 4.17. The lowest BCUT2D eigenvalue weighted by molar-refractivity contribution is -0.387. The van der Waals surface area contributed by atoms with Gasteiger partial charge >= 0.3 is 0 Å². The molecule has 2 rings (SSSR count). The van der Waals surface area contributed by atoms with E-state index in [0.29, 0.717) is 11.6 Å². The van der Waals surface area contributed by atoms with Crippen molar-refractivity contribution in [3.63, 3.8) is 0 Å². The molecular weight excluding hydrogens is 316 g/mol. The molecule has 1 N–H and O–H groups in total. The Kier molecular flexibility index (Phi) is 5.00. The largest absolute Gasteiger partial charge is 0.289 e. The molecule has 0 aliphatic carbocycles. The van der Waals surface area contributed by atoms with E-state index >= 15 is 0 Å². The van der Waals surface area contributed by atoms with Gasteiger partial charge in [-0.3, -0.25) is 14.8 Å². The first kappa shape index (κ1) is 17.0. The Morgan fingerprint density at radius 1 is 1.13 bits per heavy atom. The maximum absolute atomic E-state index is 12.4. The lowest BCUT2D eigenvalue weighted by Gasteiger charge is -2.11. The lowest BCUT2D eigenvalue weighted by Crippen LogP contribution is -2.14. The van der Waals surface area contributed by atoms with Crippen LogP contribution in [-0.2, 0) is 10.0 Å². The Morgan fingerprint density at radius 2 is 1.74 bits per heavy atom. The van der Waals surface area contributed by atoms with Crippen molar-refractivity contribution in [2.75, 3.05) is 4.72 Å². The second kappa shape index (κ2) is 6.78. The highest BCUT2D eigenvalue weighted by atomic mass is 32.2. The molecule has 0 heterocycles. The first-order valence-corrected chi connectivity index (χ1v) is 8.69. The number of hydrogen-bond acceptors (Lipinski definition) is 4. The number of nitrogens with zero attached hydrogens (tertiary/aromatic N) is 1. The summed E-state index contributed by atoms with van der Waals surface area (Å²) in [7, 11) is -4.02. The maximum Gasteiger partial charge on any atom is 0.289 e. The van der Waals surface area contributed by atoms with Crippen LogP contribution in [0.4, 0.5) is 11.4 Å². The normalized spacial score (nSPS) is 12.6. The molecule has 7 heteroatoms. The second-order valence-corrected chi connectivity index (χ2v) is 6.91. The molecule has 1 atom stereocenters. The van der Waals surface area contributed by atoms with Crippen LogP contribution in [-0.4, -0.2) is 13.3 Å². The zero-order valence-electron chi connectivity index (χ0n) is 12.9. The number of nitrogens with one attached hydrogen (secondary N) is 1. The average molecular weight is 334 g/mol. The van der Waals surface area contributed by atoms with E-state index in [2.05, 4.69) is 18.6 Å². The van der Waals surface area contributed by atoms with Gasteiger partial charge in [0.2, 0.25) is 0 Å². The summed E-state index contributed by atoms with van der Waals surface area (Å²) >= 11 is 0. The van der Waals surface area contributed by atoms with E-state index in [9.17, 15) is 18.5 Å². The van der Waals surface area contributed by atoms with Crippen LogP contribution < -0.4 is 4.72 Å². The number of para-hydroxylation sites is 1. The third kappa shape index (κ3) is 3.87. The third-order valence-electron chi connectivity index (χ3n) is 3.70. The van der Waals surface area contributed by atoms with Gasteiger partial charge in [0.25, 0.3) is 15.7 Å². The van der Waals surface area contributed by atoms with Crippen molar-refractivity contribution < 1.29 is 13.3 Å². The molecule has 2 aromatic carbocycles. The summed E-state index contributed by atoms with van der Waals surface area (Å²) in [5, 5.41) is 11.0. The van der Waals surface area contributed by atoms with Gasteiger partial charge in [-0.2, -0.15) is 0 Å². The topological polar surface area (TPSA) is 89.3 Å². The van der Waals surface area contributed by atoms with E-state index in [1.165, 1.54) is 24.3 Å². The molecule has 0 aliphatic heterocycles. The summed E-state index contributed by atoms with van der Waals surface area (Å²) in [6.07, 6.45) is 0.987. The Hall–Kier alpha value is -2.41. The minimum absolute atomic E-state index is 0.351. The standard InChI is InChI=1S/C16H18N2O4S/c1-3-12(2)13-8-10-14(11-9-13)17-23(21,22)16-7-5-4-6-15(16)18(19)20/h4-12,17H,3H2,1-2H3/t12-/m1/s1. The highest BCUT2D eigenvalue weighted by Gasteiger charge is 2.25. The van der Waals surface area contributed by atoms with Gasteiger partial charge in [-0.15, -0.1) is 0 Å². The van der Waals surface area contributed by atoms with Gasteiger partial charge in [0.05, 0.1) is 4.92 Å². The minimum Gasteiger partial charge on any atom is -0.279 e. The van der Waals surface area contributed by atoms with E-state index in [1.807, 2.05) is 12.1 Å². The number of nitro benzene ring substituents is 1. The number of hydrogen-bond donors (Lipinski definition) is 1. The van der Waals surface area contributed by atoms with Crippen LogP contribution in [0.3, 0.4) is 0 Å². The lowest BCUT2D eigenvalue weighted by atomic mass is 9.99. The van der Waals surface area contributed by atoms with Crippen molar-refractivity contribution in [3.8, 4) is 0 Å². The van der Waals surface area contributed by atoms with Crippen molar-refractivity contribution in [1.29, 1.82) is 0 Å². The van der Waals surface area contributed by atoms with Gasteiger partial charge in [0.15, 0.2) is 4.90 Å². The fourth-order valence-electron chi connectivity index (χ4n) is 2.16. The van der Waals surface area contributed by atoms with Crippen molar-refractivity contribution in [3.05, 3.63) is 64.2 Å². The first-order chi connectivity index (χ1) is 10.8. The van der Waals surface area contributed by atoms with Gasteiger partial charge in [-0.25, -0.2) is 8.42 Å². The number of rotatable bonds is 6. The smallest absolute Gasteiger partial charge is 0.279 e. The SMILES string of the molecule is CC[C@@H](C)c1ccc(NS(=O)(=O)c2ccccc2[N+](=O)[O-])cc1. The van der Waals surface area contributed by atoms with Gasteiger partial charge in [0, 0.05) is 11.8 Å². The van der Waals surface area contributed by atoms with Crippen molar-refractivity contribution in [1.82, 2.24) is 0 Å². The molecule has 0 amide bonds. The average Bonchev–Trinajstić information content (AvgIpc) is 2.54. The zero-order chi connectivity index (χ0) is 17.0. The van der Waals surface area contributed by atoms with Crippen molar-refractivity contribution in [2.24, 2.45) is 0 Å². The van der Waals surface area contributed by atoms with E-state index in [4.69, 9.17) is 0 Å². The molecular formula is C16H18N2O4S. The van der Waals surface area contributed by atoms with Gasteiger partial charge in [0.1, 0.15) is 0 Å². The fourth-order valence-corrected chi connectivity index (χ4v) is 3.39. The maximum atomic E-state index is 12.4. The molecule has 0 fully saturated rings. The van der Waals surface area contributed by atoms with Gasteiger partial charge in [-0.05, 0) is 36.1 Å². The summed E-state index contributed by atoms with van der Waals surface area (Å²) in [5.74, 6) is 0.385.